The van der Waals surface area contributed by atoms with E-state index in [9.17, 15) is 9.59 Å². The lowest BCUT2D eigenvalue weighted by Gasteiger charge is -2.41. The van der Waals surface area contributed by atoms with Crippen molar-refractivity contribution in [2.75, 3.05) is 45.9 Å². The number of ether oxygens (including phenoxy) is 1. The molecule has 0 radical (unpaired) electrons. The average molecular weight is 533 g/mol. The zero-order valence-electron chi connectivity index (χ0n) is 23.5. The molecule has 2 aromatic rings. The number of aromatic nitrogens is 1. The Bertz CT molecular complexity index is 1130. The summed E-state index contributed by atoms with van der Waals surface area (Å²) in [6.45, 7) is 6.88. The van der Waals surface area contributed by atoms with Gasteiger partial charge >= 0.3 is 0 Å². The molecular formula is C32H44N4O3. The molecule has 39 heavy (non-hydrogen) atoms. The largest absolute Gasteiger partial charge is 0.493 e. The minimum absolute atomic E-state index is 0.190. The molecule has 4 heterocycles. The number of benzene rings is 1. The Hall–Kier alpha value is -2.93. The molecule has 0 bridgehead atoms. The Balaban J connectivity index is 1.15. The van der Waals surface area contributed by atoms with E-state index in [1.807, 2.05) is 24.0 Å². The summed E-state index contributed by atoms with van der Waals surface area (Å²) >= 11 is 0. The maximum atomic E-state index is 13.4. The number of amides is 2. The molecule has 1 N–H and O–H groups in total. The van der Waals surface area contributed by atoms with Gasteiger partial charge in [-0.15, -0.1) is 0 Å². The van der Waals surface area contributed by atoms with Crippen LogP contribution in [0.1, 0.15) is 74.2 Å². The topological polar surface area (TPSA) is 74.8 Å². The number of hydrogen-bond donors (Lipinski definition) is 1. The number of aryl methyl sites for hydroxylation is 2. The second-order valence-electron chi connectivity index (χ2n) is 11.7. The maximum Gasteiger partial charge on any atom is 0.236 e. The Morgan fingerprint density at radius 3 is 2.72 bits per heavy atom. The molecule has 0 aliphatic carbocycles. The second-order valence-corrected chi connectivity index (χ2v) is 11.7. The lowest BCUT2D eigenvalue weighted by Crippen LogP contribution is -2.51. The predicted molar refractivity (Wildman–Crippen MR) is 153 cm³/mol. The molecule has 1 unspecified atom stereocenters. The Morgan fingerprint density at radius 1 is 1.03 bits per heavy atom. The van der Waals surface area contributed by atoms with Crippen LogP contribution in [0.25, 0.3) is 0 Å². The van der Waals surface area contributed by atoms with Crippen LogP contribution in [0.3, 0.4) is 0 Å². The predicted octanol–water partition coefficient (Wildman–Crippen LogP) is 4.49. The molecule has 1 atom stereocenters. The first-order chi connectivity index (χ1) is 19.0. The normalized spacial score (nSPS) is 22.9. The van der Waals surface area contributed by atoms with Crippen molar-refractivity contribution in [2.24, 2.45) is 5.41 Å². The van der Waals surface area contributed by atoms with E-state index in [0.717, 1.165) is 101 Å². The lowest BCUT2D eigenvalue weighted by atomic mass is 9.73. The highest BCUT2D eigenvalue weighted by Crippen LogP contribution is 2.38. The lowest BCUT2D eigenvalue weighted by molar-refractivity contribution is -0.137. The van der Waals surface area contributed by atoms with Crippen molar-refractivity contribution < 1.29 is 14.3 Å². The van der Waals surface area contributed by atoms with Gasteiger partial charge in [-0.1, -0.05) is 30.7 Å². The summed E-state index contributed by atoms with van der Waals surface area (Å²) in [5.41, 5.74) is 3.06. The average Bonchev–Trinajstić information content (AvgIpc) is 2.97. The zero-order valence-corrected chi connectivity index (χ0v) is 23.5. The molecule has 2 amide bonds. The van der Waals surface area contributed by atoms with Crippen LogP contribution in [0, 0.1) is 12.3 Å². The van der Waals surface area contributed by atoms with E-state index in [4.69, 9.17) is 9.72 Å². The van der Waals surface area contributed by atoms with Gasteiger partial charge in [0, 0.05) is 36.9 Å². The number of carbonyl (C=O) groups excluding carboxylic acids is 2. The monoisotopic (exact) mass is 532 g/mol. The van der Waals surface area contributed by atoms with Crippen molar-refractivity contribution >= 4 is 11.8 Å². The number of likely N-dealkylation sites (tertiary alicyclic amines) is 2. The molecule has 5 rings (SSSR count). The highest BCUT2D eigenvalue weighted by Gasteiger charge is 2.41. The van der Waals surface area contributed by atoms with Crippen LogP contribution >= 0.6 is 0 Å². The second kappa shape index (κ2) is 12.9. The number of pyridine rings is 1. The molecule has 3 aliphatic heterocycles. The number of nitrogens with zero attached hydrogens (tertiary/aromatic N) is 3. The quantitative estimate of drug-likeness (QED) is 0.631. The van der Waals surface area contributed by atoms with E-state index in [0.29, 0.717) is 25.6 Å². The van der Waals surface area contributed by atoms with Crippen LogP contribution in [0.5, 0.6) is 5.75 Å². The van der Waals surface area contributed by atoms with Gasteiger partial charge in [0.05, 0.1) is 18.6 Å². The summed E-state index contributed by atoms with van der Waals surface area (Å²) in [7, 11) is 0. The van der Waals surface area contributed by atoms with Crippen LogP contribution < -0.4 is 10.1 Å². The molecule has 7 nitrogen and oxygen atoms in total. The molecule has 210 valence electrons. The van der Waals surface area contributed by atoms with Gasteiger partial charge in [-0.05, 0) is 95.1 Å². The van der Waals surface area contributed by atoms with Gasteiger partial charge < -0.3 is 15.0 Å². The summed E-state index contributed by atoms with van der Waals surface area (Å²) in [5, 5.41) is 3.22. The molecule has 1 aromatic heterocycles. The summed E-state index contributed by atoms with van der Waals surface area (Å²) in [6, 6.07) is 14.5. The van der Waals surface area contributed by atoms with E-state index < -0.39 is 0 Å². The number of para-hydroxylation sites is 1. The highest BCUT2D eigenvalue weighted by molar-refractivity contribution is 5.83. The smallest absolute Gasteiger partial charge is 0.236 e. The van der Waals surface area contributed by atoms with Gasteiger partial charge in [-0.2, -0.15) is 0 Å². The fraction of sp³-hybridized carbons (Fsp3) is 0.594. The summed E-state index contributed by atoms with van der Waals surface area (Å²) < 4.78 is 6.01. The van der Waals surface area contributed by atoms with Crippen LogP contribution in [0.15, 0.2) is 42.5 Å². The molecule has 1 spiro atoms. The SMILES string of the molecule is Cc1cccc(C2CCCN(C(=O)CN3CCC4(CCCCc5ccccc5OCCCNC4=O)CC3)C2)n1. The van der Waals surface area contributed by atoms with E-state index in [-0.39, 0.29) is 17.2 Å². The molecule has 1 aromatic carbocycles. The summed E-state index contributed by atoms with van der Waals surface area (Å²) in [6.07, 6.45) is 8.47. The van der Waals surface area contributed by atoms with Crippen molar-refractivity contribution in [1.82, 2.24) is 20.1 Å². The Morgan fingerprint density at radius 2 is 1.87 bits per heavy atom. The number of rotatable bonds is 3. The number of piperidine rings is 2. The Kier molecular flexibility index (Phi) is 9.17. The number of hydrogen-bond acceptors (Lipinski definition) is 5. The van der Waals surface area contributed by atoms with Gasteiger partial charge in [-0.25, -0.2) is 0 Å². The van der Waals surface area contributed by atoms with E-state index in [1.54, 1.807) is 0 Å². The molecule has 2 fully saturated rings. The van der Waals surface area contributed by atoms with Crippen molar-refractivity contribution in [3.8, 4) is 5.75 Å². The first kappa shape index (κ1) is 27.6. The van der Waals surface area contributed by atoms with Gasteiger partial charge in [0.25, 0.3) is 0 Å². The number of fused-ring (bicyclic) bond motifs is 1. The van der Waals surface area contributed by atoms with E-state index in [1.165, 1.54) is 5.56 Å². The van der Waals surface area contributed by atoms with Crippen LogP contribution in [-0.2, 0) is 16.0 Å². The standard InChI is InChI=1S/C32H44N4O3/c1-25-9-6-13-28(34-25)27-12-7-19-36(23-27)30(37)24-35-20-16-32(17-21-35)15-5-4-11-26-10-2-3-14-29(26)39-22-8-18-33-31(32)38/h2-3,6,9-10,13-14,27H,4-5,7-8,11-12,15-24H2,1H3,(H,33,38). The maximum absolute atomic E-state index is 13.4. The fourth-order valence-corrected chi connectivity index (χ4v) is 6.53. The van der Waals surface area contributed by atoms with E-state index in [2.05, 4.69) is 40.5 Å². The van der Waals surface area contributed by atoms with Gasteiger partial charge in [0.1, 0.15) is 5.75 Å². The molecule has 7 heteroatoms. The minimum atomic E-state index is -0.332. The van der Waals surface area contributed by atoms with Crippen molar-refractivity contribution in [2.45, 2.75) is 70.6 Å². The third-order valence-corrected chi connectivity index (χ3v) is 8.94. The molecule has 2 saturated heterocycles. The van der Waals surface area contributed by atoms with Crippen LogP contribution in [0.4, 0.5) is 0 Å². The zero-order chi connectivity index (χ0) is 27.1. The Labute approximate surface area is 233 Å². The minimum Gasteiger partial charge on any atom is -0.493 e. The highest BCUT2D eigenvalue weighted by atomic mass is 16.5. The van der Waals surface area contributed by atoms with Crippen molar-refractivity contribution in [1.29, 1.82) is 0 Å². The number of carbonyl (C=O) groups is 2. The van der Waals surface area contributed by atoms with Gasteiger partial charge in [0.15, 0.2) is 0 Å². The molecule has 0 saturated carbocycles. The van der Waals surface area contributed by atoms with Crippen molar-refractivity contribution in [3.63, 3.8) is 0 Å². The summed E-state index contributed by atoms with van der Waals surface area (Å²) in [5.74, 6) is 1.69. The number of nitrogens with one attached hydrogen (secondary N) is 1. The van der Waals surface area contributed by atoms with E-state index >= 15 is 0 Å². The van der Waals surface area contributed by atoms with Crippen molar-refractivity contribution in [3.05, 3.63) is 59.4 Å². The summed E-state index contributed by atoms with van der Waals surface area (Å²) in [4.78, 5) is 35.8. The third-order valence-electron chi connectivity index (χ3n) is 8.94. The van der Waals surface area contributed by atoms with Gasteiger partial charge in [0.2, 0.25) is 11.8 Å². The van der Waals surface area contributed by atoms with Gasteiger partial charge in [-0.3, -0.25) is 19.5 Å². The van der Waals surface area contributed by atoms with Crippen LogP contribution in [0.2, 0.25) is 0 Å². The third kappa shape index (κ3) is 6.99. The molecule has 3 aliphatic rings. The fourth-order valence-electron chi connectivity index (χ4n) is 6.53. The molecular weight excluding hydrogens is 488 g/mol. The first-order valence-corrected chi connectivity index (χ1v) is 15.0. The van der Waals surface area contributed by atoms with Crippen LogP contribution in [-0.4, -0.2) is 72.5 Å². The first-order valence-electron chi connectivity index (χ1n) is 15.0.